The van der Waals surface area contributed by atoms with Crippen LogP contribution in [0, 0.1) is 12.8 Å². The van der Waals surface area contributed by atoms with Crippen LogP contribution in [0.5, 0.6) is 5.75 Å². The number of hydrogen-bond acceptors (Lipinski definition) is 5. The molecule has 0 saturated heterocycles. The molecular formula is C37H43N3O5S. The zero-order valence-corrected chi connectivity index (χ0v) is 27.7. The smallest absolute Gasteiger partial charge is 0.264 e. The minimum Gasteiger partial charge on any atom is -0.492 e. The molecule has 0 heterocycles. The summed E-state index contributed by atoms with van der Waals surface area (Å²) in [6, 6.07) is 31.1. The van der Waals surface area contributed by atoms with E-state index in [-0.39, 0.29) is 35.4 Å². The molecule has 1 N–H and O–H groups in total. The van der Waals surface area contributed by atoms with Gasteiger partial charge in [0.1, 0.15) is 18.3 Å². The van der Waals surface area contributed by atoms with Gasteiger partial charge in [-0.3, -0.25) is 13.9 Å². The molecule has 2 amide bonds. The van der Waals surface area contributed by atoms with Crippen LogP contribution in [0.1, 0.15) is 37.5 Å². The Morgan fingerprint density at radius 3 is 2.09 bits per heavy atom. The molecule has 0 bridgehead atoms. The molecule has 242 valence electrons. The Balaban J connectivity index is 1.83. The van der Waals surface area contributed by atoms with Crippen LogP contribution in [-0.4, -0.2) is 50.9 Å². The quantitative estimate of drug-likeness (QED) is 0.172. The zero-order chi connectivity index (χ0) is 33.1. The van der Waals surface area contributed by atoms with Crippen molar-refractivity contribution in [2.45, 2.75) is 51.6 Å². The summed E-state index contributed by atoms with van der Waals surface area (Å²) in [7, 11) is -4.23. The van der Waals surface area contributed by atoms with E-state index in [9.17, 15) is 18.0 Å². The van der Waals surface area contributed by atoms with Crippen molar-refractivity contribution in [3.05, 3.63) is 126 Å². The lowest BCUT2D eigenvalue weighted by molar-refractivity contribution is -0.140. The fourth-order valence-corrected chi connectivity index (χ4v) is 6.57. The van der Waals surface area contributed by atoms with Gasteiger partial charge in [-0.1, -0.05) is 98.8 Å². The first kappa shape index (κ1) is 34.2. The third-order valence-electron chi connectivity index (χ3n) is 7.60. The predicted octanol–water partition coefficient (Wildman–Crippen LogP) is 6.00. The molecule has 1 atom stereocenters. The highest BCUT2D eigenvalue weighted by Gasteiger charge is 2.35. The van der Waals surface area contributed by atoms with Gasteiger partial charge >= 0.3 is 0 Å². The van der Waals surface area contributed by atoms with E-state index in [1.807, 2.05) is 82.3 Å². The molecular weight excluding hydrogens is 598 g/mol. The summed E-state index contributed by atoms with van der Waals surface area (Å²) >= 11 is 0. The summed E-state index contributed by atoms with van der Waals surface area (Å²) in [5.74, 6) is -0.289. The zero-order valence-electron chi connectivity index (χ0n) is 26.9. The number of amides is 2. The summed E-state index contributed by atoms with van der Waals surface area (Å²) in [6.07, 6.45) is 0.253. The number of para-hydroxylation sites is 2. The summed E-state index contributed by atoms with van der Waals surface area (Å²) in [6.45, 7) is 8.08. The molecule has 0 fully saturated rings. The molecule has 46 heavy (non-hydrogen) atoms. The highest BCUT2D eigenvalue weighted by atomic mass is 32.2. The molecule has 0 saturated carbocycles. The number of anilines is 1. The van der Waals surface area contributed by atoms with Gasteiger partial charge in [-0.2, -0.15) is 0 Å². The van der Waals surface area contributed by atoms with E-state index in [0.717, 1.165) is 21.0 Å². The SMILES string of the molecule is CCOc1ccccc1N(CC(=O)N(Cc1ccccc1C)[C@H](Cc1ccccc1)C(=O)NCC(C)C)S(=O)(=O)c1ccccc1. The number of aryl methyl sites for hydroxylation is 1. The highest BCUT2D eigenvalue weighted by Crippen LogP contribution is 2.33. The number of rotatable bonds is 15. The van der Waals surface area contributed by atoms with Gasteiger partial charge in [-0.05, 0) is 60.7 Å². The molecule has 0 spiro atoms. The third-order valence-corrected chi connectivity index (χ3v) is 9.38. The Hall–Kier alpha value is -4.63. The second-order valence-corrected chi connectivity index (χ2v) is 13.4. The molecule has 4 aromatic rings. The molecule has 0 aliphatic heterocycles. The van der Waals surface area contributed by atoms with E-state index >= 15 is 0 Å². The third kappa shape index (κ3) is 8.75. The fraction of sp³-hybridized carbons (Fsp3) is 0.297. The normalized spacial score (nSPS) is 11.9. The van der Waals surface area contributed by atoms with E-state index in [2.05, 4.69) is 5.32 Å². The predicted molar refractivity (Wildman–Crippen MR) is 182 cm³/mol. The van der Waals surface area contributed by atoms with Gasteiger partial charge < -0.3 is 15.0 Å². The molecule has 0 unspecified atom stereocenters. The van der Waals surface area contributed by atoms with E-state index < -0.39 is 28.5 Å². The van der Waals surface area contributed by atoms with Crippen LogP contribution in [0.4, 0.5) is 5.69 Å². The van der Waals surface area contributed by atoms with Crippen molar-refractivity contribution in [3.8, 4) is 5.75 Å². The summed E-state index contributed by atoms with van der Waals surface area (Å²) in [4.78, 5) is 30.1. The molecule has 0 radical (unpaired) electrons. The first-order valence-corrected chi connectivity index (χ1v) is 17.0. The van der Waals surface area contributed by atoms with Gasteiger partial charge in [-0.25, -0.2) is 8.42 Å². The second kappa shape index (κ2) is 16.1. The Labute approximate surface area is 273 Å². The Morgan fingerprint density at radius 1 is 0.826 bits per heavy atom. The van der Waals surface area contributed by atoms with E-state index in [0.29, 0.717) is 18.9 Å². The average Bonchev–Trinajstić information content (AvgIpc) is 3.06. The van der Waals surface area contributed by atoms with Gasteiger partial charge in [0.15, 0.2) is 0 Å². The van der Waals surface area contributed by atoms with Crippen molar-refractivity contribution in [2.75, 3.05) is 24.0 Å². The van der Waals surface area contributed by atoms with Crippen LogP contribution < -0.4 is 14.4 Å². The number of nitrogens with zero attached hydrogens (tertiary/aromatic N) is 2. The Bertz CT molecular complexity index is 1690. The van der Waals surface area contributed by atoms with Crippen LogP contribution >= 0.6 is 0 Å². The summed E-state index contributed by atoms with van der Waals surface area (Å²) < 4.78 is 35.4. The average molecular weight is 642 g/mol. The first-order chi connectivity index (χ1) is 22.1. The molecule has 0 aliphatic rings. The lowest BCUT2D eigenvalue weighted by Gasteiger charge is -2.34. The maximum absolute atomic E-state index is 14.7. The number of nitrogens with one attached hydrogen (secondary N) is 1. The molecule has 0 aromatic heterocycles. The molecule has 0 aliphatic carbocycles. The number of carbonyl (C=O) groups is 2. The summed E-state index contributed by atoms with van der Waals surface area (Å²) in [5, 5.41) is 3.02. The Morgan fingerprint density at radius 2 is 1.43 bits per heavy atom. The summed E-state index contributed by atoms with van der Waals surface area (Å²) in [5.41, 5.74) is 2.93. The van der Waals surface area contributed by atoms with Crippen LogP contribution in [0.2, 0.25) is 0 Å². The minimum absolute atomic E-state index is 0.0371. The lowest BCUT2D eigenvalue weighted by atomic mass is 10.0. The molecule has 9 heteroatoms. The van der Waals surface area contributed by atoms with E-state index in [4.69, 9.17) is 4.74 Å². The standard InChI is InChI=1S/C37H43N3O5S/c1-5-45-35-23-15-14-22-33(35)40(46(43,44)32-20-10-7-11-21-32)27-36(41)39(26-31-19-13-12-16-29(31)4)34(37(42)38-25-28(2)3)24-30-17-8-6-9-18-30/h6-23,28,34H,5,24-27H2,1-4H3,(H,38,42)/t34-/m1/s1. The number of carbonyl (C=O) groups excluding carboxylic acids is 2. The van der Waals surface area contributed by atoms with Gasteiger partial charge in [0.05, 0.1) is 17.2 Å². The Kier molecular flexibility index (Phi) is 12.0. The highest BCUT2D eigenvalue weighted by molar-refractivity contribution is 7.92. The van der Waals surface area contributed by atoms with Crippen LogP contribution in [0.25, 0.3) is 0 Å². The van der Waals surface area contributed by atoms with Crippen LogP contribution in [0.15, 0.2) is 114 Å². The van der Waals surface area contributed by atoms with Crippen molar-refractivity contribution in [2.24, 2.45) is 5.92 Å². The van der Waals surface area contributed by atoms with Crippen molar-refractivity contribution < 1.29 is 22.7 Å². The van der Waals surface area contributed by atoms with Crippen LogP contribution in [0.3, 0.4) is 0 Å². The molecule has 4 rings (SSSR count). The largest absolute Gasteiger partial charge is 0.492 e. The van der Waals surface area contributed by atoms with Gasteiger partial charge in [0.25, 0.3) is 10.0 Å². The van der Waals surface area contributed by atoms with Crippen molar-refractivity contribution in [1.29, 1.82) is 0 Å². The van der Waals surface area contributed by atoms with Gasteiger partial charge in [0, 0.05) is 19.5 Å². The second-order valence-electron chi connectivity index (χ2n) is 11.5. The molecule has 8 nitrogen and oxygen atoms in total. The minimum atomic E-state index is -4.23. The van der Waals surface area contributed by atoms with Gasteiger partial charge in [0.2, 0.25) is 11.8 Å². The van der Waals surface area contributed by atoms with Crippen molar-refractivity contribution in [3.63, 3.8) is 0 Å². The fourth-order valence-electron chi connectivity index (χ4n) is 5.12. The van der Waals surface area contributed by atoms with Crippen molar-refractivity contribution >= 4 is 27.5 Å². The van der Waals surface area contributed by atoms with Crippen LogP contribution in [-0.2, 0) is 32.6 Å². The molecule has 4 aromatic carbocycles. The van der Waals surface area contributed by atoms with E-state index in [1.165, 1.54) is 17.0 Å². The lowest BCUT2D eigenvalue weighted by Crippen LogP contribution is -2.53. The number of sulfonamides is 1. The number of ether oxygens (including phenoxy) is 1. The van der Waals surface area contributed by atoms with Crippen molar-refractivity contribution in [1.82, 2.24) is 10.2 Å². The maximum atomic E-state index is 14.7. The maximum Gasteiger partial charge on any atom is 0.264 e. The van der Waals surface area contributed by atoms with Gasteiger partial charge in [-0.15, -0.1) is 0 Å². The van der Waals surface area contributed by atoms with E-state index in [1.54, 1.807) is 42.5 Å². The monoisotopic (exact) mass is 641 g/mol. The number of benzene rings is 4. The number of hydrogen-bond donors (Lipinski definition) is 1. The topological polar surface area (TPSA) is 96.0 Å². The first-order valence-electron chi connectivity index (χ1n) is 15.6.